The number of carbonyl (C=O) groups is 1. The highest BCUT2D eigenvalue weighted by Crippen LogP contribution is 2.18. The van der Waals surface area contributed by atoms with Crippen molar-refractivity contribution in [3.63, 3.8) is 0 Å². The van der Waals surface area contributed by atoms with Gasteiger partial charge in [-0.15, -0.1) is 0 Å². The lowest BCUT2D eigenvalue weighted by Crippen LogP contribution is -2.35. The molecular formula is C12H15NO4S. The maximum Gasteiger partial charge on any atom is 0.251 e. The van der Waals surface area contributed by atoms with Gasteiger partial charge in [0, 0.05) is 11.6 Å². The second-order valence-corrected chi connectivity index (χ2v) is 6.80. The zero-order valence-electron chi connectivity index (χ0n) is 10.0. The van der Waals surface area contributed by atoms with E-state index in [1.807, 2.05) is 0 Å². The van der Waals surface area contributed by atoms with Crippen LogP contribution in [0.4, 0.5) is 0 Å². The standard InChI is InChI=1S/C12H15NO4S/c1-8-6-9(2-3-11(8)14)12(15)13-10-4-5-18(16,17)7-10/h2-3,6,10,14H,4-5,7H2,1H3,(H,13,15). The third-order valence-electron chi connectivity index (χ3n) is 3.03. The summed E-state index contributed by atoms with van der Waals surface area (Å²) in [6.07, 6.45) is 0.463. The number of carbonyl (C=O) groups excluding carboxylic acids is 1. The lowest BCUT2D eigenvalue weighted by Gasteiger charge is -2.11. The highest BCUT2D eigenvalue weighted by atomic mass is 32.2. The van der Waals surface area contributed by atoms with Gasteiger partial charge in [-0.2, -0.15) is 0 Å². The summed E-state index contributed by atoms with van der Waals surface area (Å²) >= 11 is 0. The SMILES string of the molecule is Cc1cc(C(=O)NC2CCS(=O)(=O)C2)ccc1O. The molecule has 0 aliphatic carbocycles. The molecule has 5 nitrogen and oxygen atoms in total. The topological polar surface area (TPSA) is 83.5 Å². The van der Waals surface area contributed by atoms with Gasteiger partial charge in [0.1, 0.15) is 5.75 Å². The van der Waals surface area contributed by atoms with E-state index < -0.39 is 9.84 Å². The molecule has 1 aromatic rings. The monoisotopic (exact) mass is 269 g/mol. The van der Waals surface area contributed by atoms with Gasteiger partial charge in [0.25, 0.3) is 5.91 Å². The van der Waals surface area contributed by atoms with Crippen LogP contribution in [-0.4, -0.2) is 37.0 Å². The molecule has 0 saturated carbocycles. The molecule has 1 amide bonds. The number of rotatable bonds is 2. The molecule has 1 atom stereocenters. The number of aromatic hydroxyl groups is 1. The summed E-state index contributed by atoms with van der Waals surface area (Å²) in [4.78, 5) is 11.9. The number of aryl methyl sites for hydroxylation is 1. The second-order valence-electron chi connectivity index (χ2n) is 4.57. The summed E-state index contributed by atoms with van der Waals surface area (Å²) in [6.45, 7) is 1.70. The summed E-state index contributed by atoms with van der Waals surface area (Å²) in [6, 6.07) is 4.24. The van der Waals surface area contributed by atoms with Crippen LogP contribution < -0.4 is 5.32 Å². The van der Waals surface area contributed by atoms with Crippen LogP contribution in [0, 0.1) is 6.92 Å². The fourth-order valence-corrected chi connectivity index (χ4v) is 3.65. The van der Waals surface area contributed by atoms with E-state index in [-0.39, 0.29) is 29.2 Å². The van der Waals surface area contributed by atoms with Crippen molar-refractivity contribution in [2.75, 3.05) is 11.5 Å². The van der Waals surface area contributed by atoms with E-state index in [4.69, 9.17) is 0 Å². The predicted octanol–water partition coefficient (Wildman–Crippen LogP) is 0.618. The summed E-state index contributed by atoms with van der Waals surface area (Å²) in [5.74, 6) is -0.0299. The van der Waals surface area contributed by atoms with Gasteiger partial charge in [-0.1, -0.05) is 0 Å². The van der Waals surface area contributed by atoms with Crippen molar-refractivity contribution in [3.8, 4) is 5.75 Å². The molecule has 1 aliphatic heterocycles. The number of phenolic OH excluding ortho intramolecular Hbond substituents is 1. The van der Waals surface area contributed by atoms with Crippen molar-refractivity contribution in [2.24, 2.45) is 0 Å². The van der Waals surface area contributed by atoms with Crippen molar-refractivity contribution < 1.29 is 18.3 Å². The number of benzene rings is 1. The normalized spacial score (nSPS) is 21.7. The molecule has 1 heterocycles. The Morgan fingerprint density at radius 2 is 2.17 bits per heavy atom. The molecule has 2 N–H and O–H groups in total. The highest BCUT2D eigenvalue weighted by molar-refractivity contribution is 7.91. The molecule has 1 aromatic carbocycles. The average molecular weight is 269 g/mol. The van der Waals surface area contributed by atoms with Crippen LogP contribution >= 0.6 is 0 Å². The predicted molar refractivity (Wildman–Crippen MR) is 67.4 cm³/mol. The molecule has 0 spiro atoms. The maximum absolute atomic E-state index is 11.9. The Hall–Kier alpha value is -1.56. The first-order valence-corrected chi connectivity index (χ1v) is 7.50. The Morgan fingerprint density at radius 3 is 2.72 bits per heavy atom. The van der Waals surface area contributed by atoms with Gasteiger partial charge < -0.3 is 10.4 Å². The largest absolute Gasteiger partial charge is 0.508 e. The third-order valence-corrected chi connectivity index (χ3v) is 4.79. The van der Waals surface area contributed by atoms with E-state index in [9.17, 15) is 18.3 Å². The first kappa shape index (κ1) is 12.9. The lowest BCUT2D eigenvalue weighted by atomic mass is 10.1. The van der Waals surface area contributed by atoms with E-state index in [1.54, 1.807) is 13.0 Å². The molecular weight excluding hydrogens is 254 g/mol. The van der Waals surface area contributed by atoms with Gasteiger partial charge in [-0.05, 0) is 37.1 Å². The van der Waals surface area contributed by atoms with Gasteiger partial charge in [0.15, 0.2) is 9.84 Å². The lowest BCUT2D eigenvalue weighted by molar-refractivity contribution is 0.0941. The zero-order valence-corrected chi connectivity index (χ0v) is 10.8. The molecule has 1 aliphatic rings. The zero-order chi connectivity index (χ0) is 13.3. The molecule has 98 valence electrons. The number of nitrogens with one attached hydrogen (secondary N) is 1. The third kappa shape index (κ3) is 2.81. The van der Waals surface area contributed by atoms with Crippen molar-refractivity contribution >= 4 is 15.7 Å². The van der Waals surface area contributed by atoms with Gasteiger partial charge in [-0.3, -0.25) is 4.79 Å². The van der Waals surface area contributed by atoms with Crippen LogP contribution in [0.1, 0.15) is 22.3 Å². The molecule has 0 aromatic heterocycles. The molecule has 6 heteroatoms. The Labute approximate surface area is 106 Å². The van der Waals surface area contributed by atoms with Crippen molar-refractivity contribution in [1.29, 1.82) is 0 Å². The van der Waals surface area contributed by atoms with Gasteiger partial charge in [-0.25, -0.2) is 8.42 Å². The molecule has 0 radical (unpaired) electrons. The number of phenols is 1. The second kappa shape index (κ2) is 4.61. The molecule has 1 fully saturated rings. The minimum atomic E-state index is -2.99. The van der Waals surface area contributed by atoms with E-state index in [0.717, 1.165) is 0 Å². The van der Waals surface area contributed by atoms with Crippen molar-refractivity contribution in [3.05, 3.63) is 29.3 Å². The summed E-state index contributed by atoms with van der Waals surface area (Å²) in [5, 5.41) is 12.1. The Balaban J connectivity index is 2.06. The summed E-state index contributed by atoms with van der Waals surface area (Å²) in [5.41, 5.74) is 1.04. The summed E-state index contributed by atoms with van der Waals surface area (Å²) < 4.78 is 22.5. The number of sulfone groups is 1. The first-order chi connectivity index (χ1) is 8.37. The number of amides is 1. The molecule has 18 heavy (non-hydrogen) atoms. The smallest absolute Gasteiger partial charge is 0.251 e. The van der Waals surface area contributed by atoms with E-state index in [0.29, 0.717) is 17.5 Å². The first-order valence-electron chi connectivity index (χ1n) is 5.68. The molecule has 0 bridgehead atoms. The number of hydrogen-bond acceptors (Lipinski definition) is 4. The molecule has 2 rings (SSSR count). The van der Waals surface area contributed by atoms with Crippen LogP contribution in [-0.2, 0) is 9.84 Å². The quantitative estimate of drug-likeness (QED) is 0.824. The van der Waals surface area contributed by atoms with Crippen LogP contribution in [0.3, 0.4) is 0 Å². The Morgan fingerprint density at radius 1 is 1.44 bits per heavy atom. The van der Waals surface area contributed by atoms with Crippen LogP contribution in [0.15, 0.2) is 18.2 Å². The Bertz CT molecular complexity index is 580. The molecule has 1 unspecified atom stereocenters. The molecule has 1 saturated heterocycles. The van der Waals surface area contributed by atoms with Crippen molar-refractivity contribution in [2.45, 2.75) is 19.4 Å². The Kier molecular flexibility index (Phi) is 3.30. The summed E-state index contributed by atoms with van der Waals surface area (Å²) in [7, 11) is -2.99. The maximum atomic E-state index is 11.9. The van der Waals surface area contributed by atoms with Gasteiger partial charge >= 0.3 is 0 Å². The fourth-order valence-electron chi connectivity index (χ4n) is 1.97. The van der Waals surface area contributed by atoms with Crippen LogP contribution in [0.2, 0.25) is 0 Å². The van der Waals surface area contributed by atoms with Crippen LogP contribution in [0.5, 0.6) is 5.75 Å². The average Bonchev–Trinajstić information content (AvgIpc) is 2.62. The van der Waals surface area contributed by atoms with Gasteiger partial charge in [0.2, 0.25) is 0 Å². The minimum absolute atomic E-state index is 0.00973. The van der Waals surface area contributed by atoms with E-state index in [1.165, 1.54) is 12.1 Å². The van der Waals surface area contributed by atoms with Gasteiger partial charge in [0.05, 0.1) is 11.5 Å². The van der Waals surface area contributed by atoms with E-state index >= 15 is 0 Å². The van der Waals surface area contributed by atoms with E-state index in [2.05, 4.69) is 5.32 Å². The number of hydrogen-bond donors (Lipinski definition) is 2. The fraction of sp³-hybridized carbons (Fsp3) is 0.417. The highest BCUT2D eigenvalue weighted by Gasteiger charge is 2.29. The van der Waals surface area contributed by atoms with Crippen molar-refractivity contribution in [1.82, 2.24) is 5.32 Å². The van der Waals surface area contributed by atoms with Crippen LogP contribution in [0.25, 0.3) is 0 Å². The minimum Gasteiger partial charge on any atom is -0.508 e.